The normalized spacial score (nSPS) is 16.5. The third-order valence-corrected chi connectivity index (χ3v) is 5.02. The van der Waals surface area contributed by atoms with Gasteiger partial charge < -0.3 is 15.5 Å². The number of thiazole rings is 1. The van der Waals surface area contributed by atoms with Crippen molar-refractivity contribution < 1.29 is 9.18 Å². The second-order valence-electron chi connectivity index (χ2n) is 6.02. The van der Waals surface area contributed by atoms with Crippen LogP contribution >= 0.6 is 11.3 Å². The van der Waals surface area contributed by atoms with Crippen molar-refractivity contribution in [1.82, 2.24) is 15.2 Å². The molecule has 0 radical (unpaired) electrons. The van der Waals surface area contributed by atoms with Crippen LogP contribution in [0.5, 0.6) is 0 Å². The Morgan fingerprint density at radius 1 is 1.38 bits per heavy atom. The van der Waals surface area contributed by atoms with E-state index < -0.39 is 0 Å². The van der Waals surface area contributed by atoms with Gasteiger partial charge in [-0.1, -0.05) is 0 Å². The van der Waals surface area contributed by atoms with Crippen LogP contribution in [0.25, 0.3) is 11.3 Å². The zero-order chi connectivity index (χ0) is 18.4. The summed E-state index contributed by atoms with van der Waals surface area (Å²) >= 11 is 1.48. The molecular formula is C18H20FN5OS. The molecule has 6 nitrogen and oxygen atoms in total. The van der Waals surface area contributed by atoms with E-state index in [9.17, 15) is 9.18 Å². The number of aromatic nitrogens is 1. The minimum atomic E-state index is -0.275. The van der Waals surface area contributed by atoms with E-state index in [1.807, 2.05) is 5.38 Å². The first kappa shape index (κ1) is 18.3. The molecule has 0 saturated carbocycles. The van der Waals surface area contributed by atoms with Gasteiger partial charge in [-0.05, 0) is 37.1 Å². The van der Waals surface area contributed by atoms with Gasteiger partial charge in [-0.15, -0.1) is 11.3 Å². The number of amides is 1. The highest BCUT2D eigenvalue weighted by Gasteiger charge is 2.27. The van der Waals surface area contributed by atoms with Crippen molar-refractivity contribution in [2.45, 2.75) is 18.9 Å². The van der Waals surface area contributed by atoms with Gasteiger partial charge in [-0.3, -0.25) is 4.79 Å². The van der Waals surface area contributed by atoms with Gasteiger partial charge in [0.1, 0.15) is 11.9 Å². The number of likely N-dealkylation sites (tertiary alicyclic amines) is 1. The van der Waals surface area contributed by atoms with Crippen LogP contribution in [0.4, 0.5) is 9.52 Å². The van der Waals surface area contributed by atoms with Crippen molar-refractivity contribution in [1.29, 1.82) is 5.26 Å². The highest BCUT2D eigenvalue weighted by atomic mass is 32.1. The standard InChI is InChI=1S/C18H20FN5OS/c19-14-5-3-13(4-6-14)16-12-26-18(23-16)22-8-7-21-11-17(25)24-9-1-2-15(24)10-20/h3-6,12,15,21H,1-2,7-9,11H2,(H,22,23). The largest absolute Gasteiger partial charge is 0.360 e. The Bertz CT molecular complexity index is 786. The minimum absolute atomic E-state index is 0.0260. The van der Waals surface area contributed by atoms with Gasteiger partial charge >= 0.3 is 0 Å². The molecule has 26 heavy (non-hydrogen) atoms. The molecule has 1 fully saturated rings. The number of benzene rings is 1. The third kappa shape index (κ3) is 4.56. The molecule has 1 aliphatic rings. The van der Waals surface area contributed by atoms with E-state index in [4.69, 9.17) is 5.26 Å². The monoisotopic (exact) mass is 373 g/mol. The number of hydrogen-bond acceptors (Lipinski definition) is 6. The summed E-state index contributed by atoms with van der Waals surface area (Å²) in [7, 11) is 0. The Kier molecular flexibility index (Phi) is 6.15. The molecule has 1 aromatic heterocycles. The second-order valence-corrected chi connectivity index (χ2v) is 6.88. The number of nitrogens with zero attached hydrogens (tertiary/aromatic N) is 3. The van der Waals surface area contributed by atoms with Crippen LogP contribution in [0.1, 0.15) is 12.8 Å². The van der Waals surface area contributed by atoms with Crippen LogP contribution in [0.2, 0.25) is 0 Å². The number of nitrogens with one attached hydrogen (secondary N) is 2. The maximum Gasteiger partial charge on any atom is 0.237 e. The average Bonchev–Trinajstić information content (AvgIpc) is 3.31. The summed E-state index contributed by atoms with van der Waals surface area (Å²) in [5.41, 5.74) is 1.68. The van der Waals surface area contributed by atoms with Crippen LogP contribution in [0, 0.1) is 17.1 Å². The molecule has 2 aromatic rings. The van der Waals surface area contributed by atoms with E-state index in [-0.39, 0.29) is 24.3 Å². The van der Waals surface area contributed by atoms with Crippen LogP contribution in [-0.4, -0.2) is 48.0 Å². The Labute approximate surface area is 155 Å². The lowest BCUT2D eigenvalue weighted by Crippen LogP contribution is -2.41. The van der Waals surface area contributed by atoms with Crippen LogP contribution in [-0.2, 0) is 4.79 Å². The van der Waals surface area contributed by atoms with Gasteiger partial charge in [0.15, 0.2) is 5.13 Å². The van der Waals surface area contributed by atoms with Crippen molar-refractivity contribution in [3.63, 3.8) is 0 Å². The lowest BCUT2D eigenvalue weighted by atomic mass is 10.2. The fourth-order valence-corrected chi connectivity index (χ4v) is 3.61. The number of nitriles is 1. The first-order chi connectivity index (χ1) is 12.7. The number of carbonyl (C=O) groups is 1. The zero-order valence-electron chi connectivity index (χ0n) is 14.2. The molecule has 1 amide bonds. The maximum absolute atomic E-state index is 13.0. The maximum atomic E-state index is 13.0. The third-order valence-electron chi connectivity index (χ3n) is 4.22. The first-order valence-corrected chi connectivity index (χ1v) is 9.40. The summed E-state index contributed by atoms with van der Waals surface area (Å²) in [6.07, 6.45) is 1.66. The zero-order valence-corrected chi connectivity index (χ0v) is 15.1. The quantitative estimate of drug-likeness (QED) is 0.729. The van der Waals surface area contributed by atoms with Gasteiger partial charge in [0.25, 0.3) is 0 Å². The summed E-state index contributed by atoms with van der Waals surface area (Å²) < 4.78 is 13.0. The summed E-state index contributed by atoms with van der Waals surface area (Å²) in [6, 6.07) is 8.14. The fourth-order valence-electron chi connectivity index (χ4n) is 2.86. The Balaban J connectivity index is 1.38. The summed E-state index contributed by atoms with van der Waals surface area (Å²) in [6.45, 7) is 2.15. The Morgan fingerprint density at radius 3 is 2.96 bits per heavy atom. The molecule has 2 N–H and O–H groups in total. The van der Waals surface area contributed by atoms with E-state index in [1.165, 1.54) is 23.5 Å². The van der Waals surface area contributed by atoms with Crippen molar-refractivity contribution in [3.05, 3.63) is 35.5 Å². The number of carbonyl (C=O) groups excluding carboxylic acids is 1. The molecule has 1 aliphatic heterocycles. The van der Waals surface area contributed by atoms with E-state index >= 15 is 0 Å². The summed E-state index contributed by atoms with van der Waals surface area (Å²) in [4.78, 5) is 18.2. The smallest absolute Gasteiger partial charge is 0.237 e. The van der Waals surface area contributed by atoms with Crippen molar-refractivity contribution in [2.75, 3.05) is 31.5 Å². The van der Waals surface area contributed by atoms with Crippen LogP contribution in [0.3, 0.4) is 0 Å². The van der Waals surface area contributed by atoms with E-state index in [0.29, 0.717) is 19.6 Å². The number of anilines is 1. The van der Waals surface area contributed by atoms with Crippen molar-refractivity contribution >= 4 is 22.4 Å². The molecule has 0 aliphatic carbocycles. The van der Waals surface area contributed by atoms with Crippen LogP contribution in [0.15, 0.2) is 29.6 Å². The molecule has 1 atom stereocenters. The highest BCUT2D eigenvalue weighted by molar-refractivity contribution is 7.14. The molecule has 1 unspecified atom stereocenters. The van der Waals surface area contributed by atoms with Gasteiger partial charge in [-0.25, -0.2) is 9.37 Å². The molecule has 0 spiro atoms. The van der Waals surface area contributed by atoms with Gasteiger partial charge in [0.2, 0.25) is 5.91 Å². The molecule has 136 valence electrons. The molecule has 2 heterocycles. The minimum Gasteiger partial charge on any atom is -0.360 e. The SMILES string of the molecule is N#CC1CCCN1C(=O)CNCCNc1nc(-c2ccc(F)cc2)cs1. The molecule has 8 heteroatoms. The molecule has 0 bridgehead atoms. The van der Waals surface area contributed by atoms with Gasteiger partial charge in [0, 0.05) is 30.6 Å². The van der Waals surface area contributed by atoms with Gasteiger partial charge in [-0.2, -0.15) is 5.26 Å². The number of halogens is 1. The molecular weight excluding hydrogens is 353 g/mol. The molecule has 3 rings (SSSR count). The van der Waals surface area contributed by atoms with E-state index in [1.54, 1.807) is 17.0 Å². The molecule has 1 aromatic carbocycles. The molecule has 1 saturated heterocycles. The lowest BCUT2D eigenvalue weighted by Gasteiger charge is -2.19. The summed E-state index contributed by atoms with van der Waals surface area (Å²) in [5.74, 6) is -0.292. The van der Waals surface area contributed by atoms with Crippen molar-refractivity contribution in [2.24, 2.45) is 0 Å². The predicted molar refractivity (Wildman–Crippen MR) is 99.2 cm³/mol. The second kappa shape index (κ2) is 8.74. The van der Waals surface area contributed by atoms with E-state index in [2.05, 4.69) is 21.7 Å². The van der Waals surface area contributed by atoms with E-state index in [0.717, 1.165) is 29.2 Å². The topological polar surface area (TPSA) is 81.0 Å². The highest BCUT2D eigenvalue weighted by Crippen LogP contribution is 2.24. The Morgan fingerprint density at radius 2 is 2.19 bits per heavy atom. The number of rotatable bonds is 7. The average molecular weight is 373 g/mol. The Hall–Kier alpha value is -2.50. The van der Waals surface area contributed by atoms with Crippen LogP contribution < -0.4 is 10.6 Å². The lowest BCUT2D eigenvalue weighted by molar-refractivity contribution is -0.130. The predicted octanol–water partition coefficient (Wildman–Crippen LogP) is 2.47. The fraction of sp³-hybridized carbons (Fsp3) is 0.389. The van der Waals surface area contributed by atoms with Crippen molar-refractivity contribution in [3.8, 4) is 17.3 Å². The van der Waals surface area contributed by atoms with Gasteiger partial charge in [0.05, 0.1) is 18.3 Å². The first-order valence-electron chi connectivity index (χ1n) is 8.52. The number of hydrogen-bond donors (Lipinski definition) is 2. The summed E-state index contributed by atoms with van der Waals surface area (Å²) in [5, 5.41) is 18.0.